The van der Waals surface area contributed by atoms with E-state index < -0.39 is 11.7 Å². The number of alkyl halides is 3. The molecule has 106 valence electrons. The molecule has 2 N–H and O–H groups in total. The average Bonchev–Trinajstić information content (AvgIpc) is 2.38. The first-order chi connectivity index (χ1) is 9.38. The molecule has 0 saturated heterocycles. The Morgan fingerprint density at radius 1 is 1.25 bits per heavy atom. The molecule has 1 aromatic heterocycles. The number of hydrogen-bond donors (Lipinski definition) is 1. The predicted molar refractivity (Wildman–Crippen MR) is 74.7 cm³/mol. The minimum absolute atomic E-state index is 0.106. The fourth-order valence-electron chi connectivity index (χ4n) is 1.53. The number of rotatable bonds is 3. The van der Waals surface area contributed by atoms with Crippen LogP contribution in [0, 0.1) is 0 Å². The summed E-state index contributed by atoms with van der Waals surface area (Å²) >= 11 is 7.29. The molecular weight excluding hydrogens is 309 g/mol. The minimum Gasteiger partial charge on any atom is -0.398 e. The summed E-state index contributed by atoms with van der Waals surface area (Å²) < 4.78 is 37.5. The molecule has 0 radical (unpaired) electrons. The molecule has 0 bridgehead atoms. The number of nitrogens with two attached hydrogens (primary N) is 1. The molecule has 0 saturated carbocycles. The van der Waals surface area contributed by atoms with Crippen LogP contribution in [0.2, 0.25) is 5.02 Å². The van der Waals surface area contributed by atoms with Crippen molar-refractivity contribution >= 4 is 29.1 Å². The van der Waals surface area contributed by atoms with Gasteiger partial charge in [0.15, 0.2) is 0 Å². The van der Waals surface area contributed by atoms with Gasteiger partial charge in [-0.3, -0.25) is 4.98 Å². The van der Waals surface area contributed by atoms with Crippen molar-refractivity contribution in [1.29, 1.82) is 0 Å². The van der Waals surface area contributed by atoms with E-state index in [4.69, 9.17) is 17.3 Å². The van der Waals surface area contributed by atoms with Gasteiger partial charge in [0.1, 0.15) is 0 Å². The van der Waals surface area contributed by atoms with E-state index in [0.717, 1.165) is 17.7 Å². The normalized spacial score (nSPS) is 11.6. The molecule has 0 spiro atoms. The minimum atomic E-state index is -4.38. The molecule has 1 heterocycles. The van der Waals surface area contributed by atoms with E-state index in [1.807, 2.05) is 0 Å². The van der Waals surface area contributed by atoms with Crippen molar-refractivity contribution < 1.29 is 13.2 Å². The summed E-state index contributed by atoms with van der Waals surface area (Å²) in [5.41, 5.74) is 5.86. The molecule has 2 rings (SSSR count). The highest BCUT2D eigenvalue weighted by Crippen LogP contribution is 2.35. The maximum atomic E-state index is 12.5. The lowest BCUT2D eigenvalue weighted by Crippen LogP contribution is -2.05. The number of nitrogen functional groups attached to an aromatic ring is 1. The van der Waals surface area contributed by atoms with Crippen LogP contribution in [0.25, 0.3) is 0 Å². The van der Waals surface area contributed by atoms with Crippen molar-refractivity contribution in [2.24, 2.45) is 0 Å². The average molecular weight is 319 g/mol. The van der Waals surface area contributed by atoms with Crippen molar-refractivity contribution in [3.05, 3.63) is 52.8 Å². The number of anilines is 1. The van der Waals surface area contributed by atoms with E-state index in [1.165, 1.54) is 24.0 Å². The van der Waals surface area contributed by atoms with Crippen LogP contribution in [-0.4, -0.2) is 4.98 Å². The van der Waals surface area contributed by atoms with E-state index in [9.17, 15) is 13.2 Å². The largest absolute Gasteiger partial charge is 0.416 e. The van der Waals surface area contributed by atoms with Gasteiger partial charge in [0, 0.05) is 28.7 Å². The number of nitrogens with zero attached hydrogens (tertiary/aromatic N) is 1. The molecule has 20 heavy (non-hydrogen) atoms. The molecule has 7 heteroatoms. The lowest BCUT2D eigenvalue weighted by atomic mass is 10.2. The van der Waals surface area contributed by atoms with Gasteiger partial charge < -0.3 is 5.73 Å². The van der Waals surface area contributed by atoms with E-state index in [-0.39, 0.29) is 5.69 Å². The zero-order chi connectivity index (χ0) is 14.8. The van der Waals surface area contributed by atoms with E-state index in [0.29, 0.717) is 15.7 Å². The van der Waals surface area contributed by atoms with Gasteiger partial charge in [0.25, 0.3) is 0 Å². The summed E-state index contributed by atoms with van der Waals surface area (Å²) in [5, 5.41) is 0.519. The van der Waals surface area contributed by atoms with Gasteiger partial charge in [0.2, 0.25) is 0 Å². The molecule has 0 aliphatic rings. The summed E-state index contributed by atoms with van der Waals surface area (Å²) in [6.07, 6.45) is -1.25. The molecule has 0 atom stereocenters. The van der Waals surface area contributed by atoms with Crippen LogP contribution in [-0.2, 0) is 11.9 Å². The molecular formula is C13H10ClF3N2S. The van der Waals surface area contributed by atoms with Gasteiger partial charge in [-0.1, -0.05) is 11.6 Å². The fraction of sp³-hybridized carbons (Fsp3) is 0.154. The maximum Gasteiger partial charge on any atom is 0.416 e. The second kappa shape index (κ2) is 5.93. The Morgan fingerprint density at radius 2 is 2.00 bits per heavy atom. The van der Waals surface area contributed by atoms with E-state index in [1.54, 1.807) is 12.3 Å². The van der Waals surface area contributed by atoms with Crippen LogP contribution < -0.4 is 5.73 Å². The Kier molecular flexibility index (Phi) is 4.45. The van der Waals surface area contributed by atoms with Crippen LogP contribution in [0.3, 0.4) is 0 Å². The summed E-state index contributed by atoms with van der Waals surface area (Å²) in [5.74, 6) is 0.511. The summed E-state index contributed by atoms with van der Waals surface area (Å²) in [4.78, 5) is 4.45. The van der Waals surface area contributed by atoms with Gasteiger partial charge in [-0.15, -0.1) is 11.8 Å². The topological polar surface area (TPSA) is 38.9 Å². The van der Waals surface area contributed by atoms with Gasteiger partial charge >= 0.3 is 6.18 Å². The third kappa shape index (κ3) is 3.58. The molecule has 2 nitrogen and oxygen atoms in total. The van der Waals surface area contributed by atoms with Gasteiger partial charge in [-0.05, 0) is 29.8 Å². The summed E-state index contributed by atoms with van der Waals surface area (Å²) in [6.45, 7) is 0. The van der Waals surface area contributed by atoms with Crippen molar-refractivity contribution in [2.45, 2.75) is 16.8 Å². The fourth-order valence-corrected chi connectivity index (χ4v) is 2.75. The number of pyridine rings is 1. The summed E-state index contributed by atoms with van der Waals surface area (Å²) in [6, 6.07) is 5.09. The lowest BCUT2D eigenvalue weighted by molar-refractivity contribution is -0.137. The van der Waals surface area contributed by atoms with Crippen LogP contribution in [0.15, 0.2) is 41.6 Å². The maximum absolute atomic E-state index is 12.5. The first kappa shape index (κ1) is 15.0. The van der Waals surface area contributed by atoms with Crippen molar-refractivity contribution in [1.82, 2.24) is 4.98 Å². The first-order valence-electron chi connectivity index (χ1n) is 5.56. The third-order valence-corrected chi connectivity index (χ3v) is 4.06. The molecule has 2 aromatic rings. The first-order valence-corrected chi connectivity index (χ1v) is 6.92. The number of halogens is 4. The van der Waals surface area contributed by atoms with Crippen LogP contribution >= 0.6 is 23.4 Å². The smallest absolute Gasteiger partial charge is 0.398 e. The van der Waals surface area contributed by atoms with Crippen molar-refractivity contribution in [3.8, 4) is 0 Å². The van der Waals surface area contributed by atoms with Crippen molar-refractivity contribution in [3.63, 3.8) is 0 Å². The van der Waals surface area contributed by atoms with Crippen LogP contribution in [0.1, 0.15) is 11.1 Å². The third-order valence-electron chi connectivity index (χ3n) is 2.58. The molecule has 0 amide bonds. The number of benzene rings is 1. The Balaban J connectivity index is 2.13. The van der Waals surface area contributed by atoms with E-state index in [2.05, 4.69) is 4.98 Å². The highest BCUT2D eigenvalue weighted by Gasteiger charge is 2.30. The Bertz CT molecular complexity index is 617. The van der Waals surface area contributed by atoms with Gasteiger partial charge in [-0.2, -0.15) is 13.2 Å². The monoisotopic (exact) mass is 318 g/mol. The highest BCUT2D eigenvalue weighted by atomic mass is 35.5. The van der Waals surface area contributed by atoms with Gasteiger partial charge in [0.05, 0.1) is 10.6 Å². The summed E-state index contributed by atoms with van der Waals surface area (Å²) in [7, 11) is 0. The predicted octanol–water partition coefficient (Wildman–Crippen LogP) is 4.63. The quantitative estimate of drug-likeness (QED) is 0.662. The molecule has 0 unspecified atom stereocenters. The lowest BCUT2D eigenvalue weighted by Gasteiger charge is -2.11. The SMILES string of the molecule is Nc1cc(C(F)(F)F)ccc1SCc1ccncc1Cl. The van der Waals surface area contributed by atoms with Gasteiger partial charge in [-0.25, -0.2) is 0 Å². The van der Waals surface area contributed by atoms with Crippen LogP contribution in [0.5, 0.6) is 0 Å². The Labute approximate surface area is 123 Å². The molecule has 0 fully saturated rings. The van der Waals surface area contributed by atoms with E-state index >= 15 is 0 Å². The second-order valence-electron chi connectivity index (χ2n) is 4.01. The highest BCUT2D eigenvalue weighted by molar-refractivity contribution is 7.98. The zero-order valence-corrected chi connectivity index (χ0v) is 11.7. The number of thioether (sulfide) groups is 1. The second-order valence-corrected chi connectivity index (χ2v) is 5.43. The van der Waals surface area contributed by atoms with Crippen molar-refractivity contribution in [2.75, 3.05) is 5.73 Å². The Morgan fingerprint density at radius 3 is 2.60 bits per heavy atom. The molecule has 0 aliphatic heterocycles. The Hall–Kier alpha value is -1.40. The zero-order valence-electron chi connectivity index (χ0n) is 10.1. The standard InChI is InChI=1S/C13H10ClF3N2S/c14-10-6-19-4-3-8(10)7-20-12-2-1-9(5-11(12)18)13(15,16)17/h1-6H,7,18H2. The molecule has 1 aromatic carbocycles. The molecule has 0 aliphatic carbocycles. The number of hydrogen-bond acceptors (Lipinski definition) is 3. The number of aromatic nitrogens is 1. The van der Waals surface area contributed by atoms with Crippen LogP contribution in [0.4, 0.5) is 18.9 Å².